The first kappa shape index (κ1) is 17.1. The number of nitrogens with zero attached hydrogens (tertiary/aromatic N) is 1. The third-order valence-corrected chi connectivity index (χ3v) is 5.85. The average Bonchev–Trinajstić information content (AvgIpc) is 3.39. The second-order valence-electron chi connectivity index (χ2n) is 6.61. The first-order valence-electron chi connectivity index (χ1n) is 8.67. The van der Waals surface area contributed by atoms with Gasteiger partial charge in [0.1, 0.15) is 17.2 Å². The van der Waals surface area contributed by atoms with Crippen molar-refractivity contribution in [3.63, 3.8) is 0 Å². The lowest BCUT2D eigenvalue weighted by Crippen LogP contribution is -2.43. The first-order valence-corrected chi connectivity index (χ1v) is 9.72. The highest BCUT2D eigenvalue weighted by atomic mass is 32.2. The summed E-state index contributed by atoms with van der Waals surface area (Å²) in [6, 6.07) is 15.0. The molecule has 4 nitrogen and oxygen atoms in total. The van der Waals surface area contributed by atoms with E-state index < -0.39 is 6.04 Å². The van der Waals surface area contributed by atoms with Crippen molar-refractivity contribution in [3.8, 4) is 0 Å². The van der Waals surface area contributed by atoms with Crippen molar-refractivity contribution in [1.82, 2.24) is 10.2 Å². The molecule has 2 aromatic rings. The van der Waals surface area contributed by atoms with Gasteiger partial charge in [0.25, 0.3) is 0 Å². The van der Waals surface area contributed by atoms with Crippen LogP contribution in [0.2, 0.25) is 0 Å². The summed E-state index contributed by atoms with van der Waals surface area (Å²) in [4.78, 5) is 27.3. The number of nitrogens with one attached hydrogen (secondary N) is 1. The molecule has 0 spiro atoms. The summed E-state index contributed by atoms with van der Waals surface area (Å²) in [5.41, 5.74) is 1.61. The van der Waals surface area contributed by atoms with Crippen LogP contribution in [0.3, 0.4) is 0 Å². The monoisotopic (exact) mass is 370 g/mol. The van der Waals surface area contributed by atoms with Crippen LogP contribution in [-0.4, -0.2) is 28.5 Å². The van der Waals surface area contributed by atoms with Crippen LogP contribution in [-0.2, 0) is 9.59 Å². The average molecular weight is 370 g/mol. The Kier molecular flexibility index (Phi) is 4.68. The topological polar surface area (TPSA) is 49.4 Å². The fourth-order valence-electron chi connectivity index (χ4n) is 3.18. The van der Waals surface area contributed by atoms with Gasteiger partial charge in [-0.3, -0.25) is 9.59 Å². The Labute approximate surface area is 155 Å². The van der Waals surface area contributed by atoms with Gasteiger partial charge in [0.15, 0.2) is 0 Å². The van der Waals surface area contributed by atoms with E-state index in [1.807, 2.05) is 30.3 Å². The van der Waals surface area contributed by atoms with Gasteiger partial charge in [-0.25, -0.2) is 4.39 Å². The van der Waals surface area contributed by atoms with Gasteiger partial charge in [-0.1, -0.05) is 42.5 Å². The fourth-order valence-corrected chi connectivity index (χ4v) is 4.38. The Bertz CT molecular complexity index is 808. The van der Waals surface area contributed by atoms with Crippen LogP contribution in [0.5, 0.6) is 0 Å². The van der Waals surface area contributed by atoms with Gasteiger partial charge in [0.05, 0.1) is 5.75 Å². The number of rotatable bonds is 5. The molecule has 1 aliphatic heterocycles. The minimum Gasteiger partial charge on any atom is -0.351 e. The van der Waals surface area contributed by atoms with Crippen molar-refractivity contribution in [1.29, 1.82) is 0 Å². The smallest absolute Gasteiger partial charge is 0.247 e. The van der Waals surface area contributed by atoms with Crippen molar-refractivity contribution < 1.29 is 14.0 Å². The van der Waals surface area contributed by atoms with Crippen LogP contribution in [0.1, 0.15) is 35.4 Å². The second kappa shape index (κ2) is 7.11. The standard InChI is InChI=1S/C20H19FN2O2S/c21-15-8-6-14(7-9-15)20-23(17(24)12-26-20)18(13-4-2-1-3-5-13)19(25)22-16-10-11-16/h1-9,16,18,20H,10-12H2,(H,22,25)/t18-,20-/m0/s1. The molecule has 1 aliphatic carbocycles. The Morgan fingerprint density at radius 3 is 2.46 bits per heavy atom. The Morgan fingerprint density at radius 2 is 1.81 bits per heavy atom. The zero-order valence-corrected chi connectivity index (χ0v) is 14.9. The number of hydrogen-bond donors (Lipinski definition) is 1. The number of carbonyl (C=O) groups excluding carboxylic acids is 2. The van der Waals surface area contributed by atoms with Gasteiger partial charge in [-0.15, -0.1) is 11.8 Å². The number of carbonyl (C=O) groups is 2. The lowest BCUT2D eigenvalue weighted by Gasteiger charge is -2.32. The molecular weight excluding hydrogens is 351 g/mol. The lowest BCUT2D eigenvalue weighted by molar-refractivity contribution is -0.139. The second-order valence-corrected chi connectivity index (χ2v) is 7.68. The number of hydrogen-bond acceptors (Lipinski definition) is 3. The number of thioether (sulfide) groups is 1. The molecule has 6 heteroatoms. The zero-order valence-electron chi connectivity index (χ0n) is 14.1. The molecule has 2 aromatic carbocycles. The highest BCUT2D eigenvalue weighted by Gasteiger charge is 2.42. The van der Waals surface area contributed by atoms with E-state index in [4.69, 9.17) is 0 Å². The van der Waals surface area contributed by atoms with Gasteiger partial charge in [0.2, 0.25) is 11.8 Å². The van der Waals surface area contributed by atoms with Gasteiger partial charge in [-0.2, -0.15) is 0 Å². The molecule has 4 rings (SSSR count). The summed E-state index contributed by atoms with van der Waals surface area (Å²) < 4.78 is 13.3. The molecular formula is C20H19FN2O2S. The van der Waals surface area contributed by atoms with Gasteiger partial charge in [0, 0.05) is 6.04 Å². The van der Waals surface area contributed by atoms with E-state index in [-0.39, 0.29) is 29.0 Å². The maximum Gasteiger partial charge on any atom is 0.247 e. The molecule has 1 N–H and O–H groups in total. The minimum atomic E-state index is -0.686. The van der Waals surface area contributed by atoms with E-state index in [1.54, 1.807) is 17.0 Å². The van der Waals surface area contributed by atoms with E-state index >= 15 is 0 Å². The highest BCUT2D eigenvalue weighted by molar-refractivity contribution is 8.00. The first-order chi connectivity index (χ1) is 12.6. The van der Waals surface area contributed by atoms with Crippen molar-refractivity contribution in [2.24, 2.45) is 0 Å². The van der Waals surface area contributed by atoms with Crippen molar-refractivity contribution >= 4 is 23.6 Å². The predicted octanol–water partition coefficient (Wildman–Crippen LogP) is 3.42. The van der Waals surface area contributed by atoms with Crippen LogP contribution in [0.25, 0.3) is 0 Å². The summed E-state index contributed by atoms with van der Waals surface area (Å²) in [6.45, 7) is 0. The molecule has 2 atom stereocenters. The number of halogens is 1. The molecule has 0 aromatic heterocycles. The molecule has 2 aliphatic rings. The van der Waals surface area contributed by atoms with E-state index in [0.29, 0.717) is 5.75 Å². The predicted molar refractivity (Wildman–Crippen MR) is 98.8 cm³/mol. The van der Waals surface area contributed by atoms with Crippen LogP contribution >= 0.6 is 11.8 Å². The third kappa shape index (κ3) is 3.46. The summed E-state index contributed by atoms with van der Waals surface area (Å²) in [5, 5.41) is 2.72. The van der Waals surface area contributed by atoms with Gasteiger partial charge < -0.3 is 10.2 Å². The highest BCUT2D eigenvalue weighted by Crippen LogP contribution is 2.44. The molecule has 1 saturated heterocycles. The zero-order chi connectivity index (χ0) is 18.1. The van der Waals surface area contributed by atoms with E-state index in [2.05, 4.69) is 5.32 Å². The van der Waals surface area contributed by atoms with Crippen LogP contribution in [0, 0.1) is 5.82 Å². The minimum absolute atomic E-state index is 0.0795. The summed E-state index contributed by atoms with van der Waals surface area (Å²) in [5.74, 6) is -0.242. The lowest BCUT2D eigenvalue weighted by atomic mass is 10.0. The van der Waals surface area contributed by atoms with Crippen molar-refractivity contribution in [2.75, 3.05) is 5.75 Å². The van der Waals surface area contributed by atoms with Crippen LogP contribution < -0.4 is 5.32 Å². The molecule has 0 unspecified atom stereocenters. The van der Waals surface area contributed by atoms with Crippen LogP contribution in [0.4, 0.5) is 4.39 Å². The Balaban J connectivity index is 1.70. The maximum absolute atomic E-state index is 13.3. The largest absolute Gasteiger partial charge is 0.351 e. The SMILES string of the molecule is O=C(NC1CC1)[C@H](c1ccccc1)N1C(=O)CS[C@H]1c1ccc(F)cc1. The van der Waals surface area contributed by atoms with Crippen LogP contribution in [0.15, 0.2) is 54.6 Å². The fraction of sp³-hybridized carbons (Fsp3) is 0.300. The Hall–Kier alpha value is -2.34. The molecule has 0 radical (unpaired) electrons. The normalized spacial score (nSPS) is 20.9. The third-order valence-electron chi connectivity index (χ3n) is 4.63. The molecule has 1 saturated carbocycles. The molecule has 0 bridgehead atoms. The number of amides is 2. The maximum atomic E-state index is 13.3. The van der Waals surface area contributed by atoms with E-state index in [0.717, 1.165) is 24.0 Å². The molecule has 2 fully saturated rings. The quantitative estimate of drug-likeness (QED) is 0.877. The van der Waals surface area contributed by atoms with Crippen molar-refractivity contribution in [3.05, 3.63) is 71.5 Å². The molecule has 2 amide bonds. The summed E-state index contributed by atoms with van der Waals surface area (Å²) in [6.07, 6.45) is 1.97. The molecule has 134 valence electrons. The summed E-state index contributed by atoms with van der Waals surface area (Å²) >= 11 is 1.47. The summed E-state index contributed by atoms with van der Waals surface area (Å²) in [7, 11) is 0. The number of benzene rings is 2. The Morgan fingerprint density at radius 1 is 1.12 bits per heavy atom. The van der Waals surface area contributed by atoms with Gasteiger partial charge >= 0.3 is 0 Å². The molecule has 26 heavy (non-hydrogen) atoms. The van der Waals surface area contributed by atoms with Crippen molar-refractivity contribution in [2.45, 2.75) is 30.3 Å². The van der Waals surface area contributed by atoms with E-state index in [9.17, 15) is 14.0 Å². The van der Waals surface area contributed by atoms with Gasteiger partial charge in [-0.05, 0) is 36.1 Å². The van der Waals surface area contributed by atoms with E-state index in [1.165, 1.54) is 23.9 Å². The molecule has 1 heterocycles.